The third kappa shape index (κ3) is 3.89. The quantitative estimate of drug-likeness (QED) is 0.536. The summed E-state index contributed by atoms with van der Waals surface area (Å²) in [6.45, 7) is 9.76. The molecule has 0 aliphatic rings. The van der Waals surface area contributed by atoms with Crippen LogP contribution in [0.15, 0.2) is 67.8 Å². The zero-order chi connectivity index (χ0) is 15.1. The first-order chi connectivity index (χ1) is 10.3. The summed E-state index contributed by atoms with van der Waals surface area (Å²) in [4.78, 5) is 14.6. The Bertz CT molecular complexity index is 630. The van der Waals surface area contributed by atoms with Crippen molar-refractivity contribution < 1.29 is 4.79 Å². The van der Waals surface area contributed by atoms with Crippen molar-refractivity contribution in [2.45, 2.75) is 6.42 Å². The van der Waals surface area contributed by atoms with Crippen LogP contribution in [-0.2, 0) is 0 Å². The van der Waals surface area contributed by atoms with Crippen LogP contribution in [0, 0.1) is 0 Å². The molecule has 0 saturated heterocycles. The van der Waals surface area contributed by atoms with Crippen molar-refractivity contribution in [1.29, 1.82) is 0 Å². The molecule has 2 aromatic rings. The van der Waals surface area contributed by atoms with Crippen molar-refractivity contribution in [1.82, 2.24) is 4.90 Å². The first-order valence-corrected chi connectivity index (χ1v) is 7.21. The zero-order valence-electron chi connectivity index (χ0n) is 12.3. The van der Waals surface area contributed by atoms with Crippen LogP contribution >= 0.6 is 0 Å². The number of hydrogen-bond acceptors (Lipinski definition) is 2. The molecule has 0 aromatic heterocycles. The number of nitrogens with zero attached hydrogens (tertiary/aromatic N) is 1. The lowest BCUT2D eigenvalue weighted by atomic mass is 10.00. The van der Waals surface area contributed by atoms with E-state index in [1.807, 2.05) is 54.6 Å². The van der Waals surface area contributed by atoms with Crippen LogP contribution in [0.25, 0.3) is 10.8 Å². The van der Waals surface area contributed by atoms with E-state index < -0.39 is 0 Å². The Morgan fingerprint density at radius 2 is 1.67 bits per heavy atom. The summed E-state index contributed by atoms with van der Waals surface area (Å²) in [5.74, 6) is 0.185. The van der Waals surface area contributed by atoms with E-state index in [4.69, 9.17) is 0 Å². The summed E-state index contributed by atoms with van der Waals surface area (Å²) < 4.78 is 0. The van der Waals surface area contributed by atoms with Gasteiger partial charge in [0.25, 0.3) is 0 Å². The van der Waals surface area contributed by atoms with E-state index in [1.54, 1.807) is 0 Å². The van der Waals surface area contributed by atoms with Gasteiger partial charge < -0.3 is 0 Å². The average molecular weight is 279 g/mol. The van der Waals surface area contributed by atoms with Crippen LogP contribution in [0.4, 0.5) is 0 Å². The van der Waals surface area contributed by atoms with E-state index in [9.17, 15) is 4.79 Å². The minimum atomic E-state index is 0.185. The molecule has 0 aliphatic carbocycles. The molecule has 2 heteroatoms. The Hall–Kier alpha value is -2.19. The predicted molar refractivity (Wildman–Crippen MR) is 89.7 cm³/mol. The van der Waals surface area contributed by atoms with Gasteiger partial charge in [-0.15, -0.1) is 13.2 Å². The van der Waals surface area contributed by atoms with Crippen molar-refractivity contribution in [3.8, 4) is 0 Å². The van der Waals surface area contributed by atoms with E-state index in [0.29, 0.717) is 6.42 Å². The number of carbonyl (C=O) groups excluding carboxylic acids is 1. The second-order valence-electron chi connectivity index (χ2n) is 5.04. The molecule has 0 atom stereocenters. The van der Waals surface area contributed by atoms with Gasteiger partial charge in [-0.3, -0.25) is 9.69 Å². The van der Waals surface area contributed by atoms with Gasteiger partial charge in [-0.05, 0) is 10.8 Å². The molecule has 21 heavy (non-hydrogen) atoms. The van der Waals surface area contributed by atoms with E-state index in [0.717, 1.165) is 36.0 Å². The third-order valence-corrected chi connectivity index (χ3v) is 3.52. The fourth-order valence-corrected chi connectivity index (χ4v) is 2.49. The van der Waals surface area contributed by atoms with E-state index in [2.05, 4.69) is 18.1 Å². The molecule has 0 bridgehead atoms. The number of benzene rings is 2. The van der Waals surface area contributed by atoms with Gasteiger partial charge in [0.2, 0.25) is 0 Å². The minimum absolute atomic E-state index is 0.185. The van der Waals surface area contributed by atoms with Crippen LogP contribution in [0.5, 0.6) is 0 Å². The molecule has 0 radical (unpaired) electrons. The molecule has 0 spiro atoms. The van der Waals surface area contributed by atoms with Gasteiger partial charge >= 0.3 is 0 Å². The smallest absolute Gasteiger partial charge is 0.164 e. The molecule has 0 fully saturated rings. The molecule has 0 unspecified atom stereocenters. The maximum Gasteiger partial charge on any atom is 0.164 e. The minimum Gasteiger partial charge on any atom is -0.296 e. The van der Waals surface area contributed by atoms with Crippen molar-refractivity contribution >= 4 is 16.6 Å². The fraction of sp³-hybridized carbons (Fsp3) is 0.211. The lowest BCUT2D eigenvalue weighted by Gasteiger charge is -2.18. The number of ketones is 1. The number of hydrogen-bond donors (Lipinski definition) is 0. The molecule has 2 rings (SSSR count). The lowest BCUT2D eigenvalue weighted by Crippen LogP contribution is -2.26. The first-order valence-electron chi connectivity index (χ1n) is 7.21. The van der Waals surface area contributed by atoms with Crippen LogP contribution in [0.3, 0.4) is 0 Å². The zero-order valence-corrected chi connectivity index (χ0v) is 12.3. The molecular weight excluding hydrogens is 258 g/mol. The topological polar surface area (TPSA) is 20.3 Å². The molecule has 108 valence electrons. The van der Waals surface area contributed by atoms with E-state index in [1.165, 1.54) is 0 Å². The Morgan fingerprint density at radius 3 is 2.38 bits per heavy atom. The molecule has 0 amide bonds. The average Bonchev–Trinajstić information content (AvgIpc) is 2.52. The molecule has 0 heterocycles. The van der Waals surface area contributed by atoms with Crippen LogP contribution in [-0.4, -0.2) is 30.3 Å². The molecule has 2 nitrogen and oxygen atoms in total. The van der Waals surface area contributed by atoms with E-state index >= 15 is 0 Å². The Morgan fingerprint density at radius 1 is 1.00 bits per heavy atom. The highest BCUT2D eigenvalue weighted by atomic mass is 16.1. The van der Waals surface area contributed by atoms with Gasteiger partial charge in [-0.2, -0.15) is 0 Å². The number of carbonyl (C=O) groups is 1. The van der Waals surface area contributed by atoms with Gasteiger partial charge in [0.05, 0.1) is 0 Å². The SMILES string of the molecule is C=CCN(CC=C)CCC(=O)c1cccc2ccccc12. The van der Waals surface area contributed by atoms with Crippen LogP contribution in [0.2, 0.25) is 0 Å². The Kier molecular flexibility index (Phi) is 5.47. The van der Waals surface area contributed by atoms with Crippen LogP contribution in [0.1, 0.15) is 16.8 Å². The Balaban J connectivity index is 2.11. The highest BCUT2D eigenvalue weighted by Crippen LogP contribution is 2.19. The number of fused-ring (bicyclic) bond motifs is 1. The summed E-state index contributed by atoms with van der Waals surface area (Å²) in [5.41, 5.74) is 0.810. The molecular formula is C19H21NO. The van der Waals surface area contributed by atoms with Crippen molar-refractivity contribution in [3.63, 3.8) is 0 Å². The standard InChI is InChI=1S/C19H21NO/c1-3-13-20(14-4-2)15-12-19(21)18-11-7-9-16-8-5-6-10-17(16)18/h3-11H,1-2,12-15H2. The van der Waals surface area contributed by atoms with Crippen molar-refractivity contribution in [3.05, 3.63) is 73.3 Å². The summed E-state index contributed by atoms with van der Waals surface area (Å²) in [7, 11) is 0. The second-order valence-corrected chi connectivity index (χ2v) is 5.04. The molecule has 0 N–H and O–H groups in total. The lowest BCUT2D eigenvalue weighted by molar-refractivity contribution is 0.0970. The number of rotatable bonds is 8. The normalized spacial score (nSPS) is 10.7. The highest BCUT2D eigenvalue weighted by molar-refractivity contribution is 6.08. The van der Waals surface area contributed by atoms with Gasteiger partial charge in [-0.25, -0.2) is 0 Å². The molecule has 0 aliphatic heterocycles. The maximum atomic E-state index is 12.5. The van der Waals surface area contributed by atoms with Gasteiger partial charge in [0.15, 0.2) is 5.78 Å². The summed E-state index contributed by atoms with van der Waals surface area (Å²) in [6, 6.07) is 13.9. The van der Waals surface area contributed by atoms with Gasteiger partial charge in [-0.1, -0.05) is 54.6 Å². The molecule has 0 saturated carbocycles. The van der Waals surface area contributed by atoms with Gasteiger partial charge in [0.1, 0.15) is 0 Å². The fourth-order valence-electron chi connectivity index (χ4n) is 2.49. The van der Waals surface area contributed by atoms with Crippen molar-refractivity contribution in [2.24, 2.45) is 0 Å². The summed E-state index contributed by atoms with van der Waals surface area (Å²) in [5, 5.41) is 2.14. The number of Topliss-reactive ketones (excluding diaryl/α,β-unsaturated/α-hetero) is 1. The van der Waals surface area contributed by atoms with E-state index in [-0.39, 0.29) is 5.78 Å². The predicted octanol–water partition coefficient (Wildman–Crippen LogP) is 4.09. The monoisotopic (exact) mass is 279 g/mol. The highest BCUT2D eigenvalue weighted by Gasteiger charge is 2.11. The summed E-state index contributed by atoms with van der Waals surface area (Å²) in [6.07, 6.45) is 4.22. The summed E-state index contributed by atoms with van der Waals surface area (Å²) >= 11 is 0. The first kappa shape index (κ1) is 15.2. The Labute approximate surface area is 126 Å². The maximum absolute atomic E-state index is 12.5. The second kappa shape index (κ2) is 7.55. The largest absolute Gasteiger partial charge is 0.296 e. The molecule has 2 aromatic carbocycles. The third-order valence-electron chi connectivity index (χ3n) is 3.52. The van der Waals surface area contributed by atoms with Crippen molar-refractivity contribution in [2.75, 3.05) is 19.6 Å². The van der Waals surface area contributed by atoms with Crippen LogP contribution < -0.4 is 0 Å². The van der Waals surface area contributed by atoms with Gasteiger partial charge in [0, 0.05) is 31.6 Å².